The first kappa shape index (κ1) is 19.1. The summed E-state index contributed by atoms with van der Waals surface area (Å²) in [6.45, 7) is 7.53. The zero-order valence-electron chi connectivity index (χ0n) is 17.4. The Labute approximate surface area is 169 Å². The summed E-state index contributed by atoms with van der Waals surface area (Å²) in [7, 11) is 3.61. The van der Waals surface area contributed by atoms with Gasteiger partial charge in [-0.3, -0.25) is 4.68 Å². The summed E-state index contributed by atoms with van der Waals surface area (Å²) in [6, 6.07) is 2.34. The molecule has 0 aromatic carbocycles. The van der Waals surface area contributed by atoms with Crippen LogP contribution < -0.4 is 5.32 Å². The van der Waals surface area contributed by atoms with E-state index in [2.05, 4.69) is 31.1 Å². The maximum Gasteiger partial charge on any atom is 0.218 e. The van der Waals surface area contributed by atoms with Crippen LogP contribution in [0, 0.1) is 6.92 Å². The molecule has 4 aromatic heterocycles. The lowest BCUT2D eigenvalue weighted by molar-refractivity contribution is 0.210. The van der Waals surface area contributed by atoms with Gasteiger partial charge in [0.2, 0.25) is 5.82 Å². The zero-order valence-corrected chi connectivity index (χ0v) is 17.4. The molecule has 0 spiro atoms. The molecule has 9 nitrogen and oxygen atoms in total. The number of nitrogens with zero attached hydrogens (tertiary/aromatic N) is 7. The number of methoxy groups -OCH3 is 1. The molecule has 0 radical (unpaired) electrons. The minimum absolute atomic E-state index is 0.308. The lowest BCUT2D eigenvalue weighted by atomic mass is 10.1. The number of hydrogen-bond donors (Lipinski definition) is 1. The van der Waals surface area contributed by atoms with E-state index in [4.69, 9.17) is 19.9 Å². The van der Waals surface area contributed by atoms with Crippen LogP contribution in [0.5, 0.6) is 0 Å². The van der Waals surface area contributed by atoms with Crippen molar-refractivity contribution in [1.82, 2.24) is 33.9 Å². The van der Waals surface area contributed by atoms with Gasteiger partial charge in [0.15, 0.2) is 11.6 Å². The number of aryl methyl sites for hydroxylation is 2. The van der Waals surface area contributed by atoms with E-state index in [1.54, 1.807) is 13.3 Å². The van der Waals surface area contributed by atoms with Gasteiger partial charge in [0.05, 0.1) is 12.3 Å². The first-order valence-corrected chi connectivity index (χ1v) is 9.65. The Morgan fingerprint density at radius 3 is 2.69 bits per heavy atom. The average molecular weight is 394 g/mol. The second kappa shape index (κ2) is 7.67. The smallest absolute Gasteiger partial charge is 0.218 e. The van der Waals surface area contributed by atoms with Crippen molar-refractivity contribution in [3.8, 4) is 22.9 Å². The molecule has 29 heavy (non-hydrogen) atoms. The zero-order chi connectivity index (χ0) is 20.5. The summed E-state index contributed by atoms with van der Waals surface area (Å²) >= 11 is 0. The highest BCUT2D eigenvalue weighted by molar-refractivity contribution is 5.82. The van der Waals surface area contributed by atoms with Gasteiger partial charge in [-0.1, -0.05) is 0 Å². The highest BCUT2D eigenvalue weighted by Crippen LogP contribution is 2.31. The van der Waals surface area contributed by atoms with Gasteiger partial charge in [-0.05, 0) is 32.4 Å². The lowest BCUT2D eigenvalue weighted by Gasteiger charge is -2.10. The van der Waals surface area contributed by atoms with Gasteiger partial charge in [0.1, 0.15) is 5.52 Å². The molecule has 0 amide bonds. The van der Waals surface area contributed by atoms with E-state index < -0.39 is 0 Å². The van der Waals surface area contributed by atoms with Gasteiger partial charge in [-0.2, -0.15) is 5.10 Å². The van der Waals surface area contributed by atoms with Crippen LogP contribution in [0.15, 0.2) is 30.9 Å². The van der Waals surface area contributed by atoms with Crippen LogP contribution in [0.25, 0.3) is 28.4 Å². The van der Waals surface area contributed by atoms with Crippen molar-refractivity contribution in [2.75, 3.05) is 25.6 Å². The fourth-order valence-electron chi connectivity index (χ4n) is 3.33. The van der Waals surface area contributed by atoms with Crippen LogP contribution in [-0.2, 0) is 11.8 Å². The van der Waals surface area contributed by atoms with Gasteiger partial charge in [-0.15, -0.1) is 5.10 Å². The number of aromatic nitrogens is 7. The van der Waals surface area contributed by atoms with Gasteiger partial charge in [0.25, 0.3) is 0 Å². The average Bonchev–Trinajstić information content (AvgIpc) is 3.40. The summed E-state index contributed by atoms with van der Waals surface area (Å²) in [6.07, 6.45) is 7.63. The van der Waals surface area contributed by atoms with E-state index in [0.29, 0.717) is 30.8 Å². The molecule has 9 heteroatoms. The summed E-state index contributed by atoms with van der Waals surface area (Å²) in [5, 5.41) is 12.8. The standard InChI is InChI=1S/C20H26N8O/c1-13(2)27-9-6-16(24-27)15-12-28-17(14(15)3)18(21-8-11-29-5)23-19(25-28)20-22-7-10-26(20)4/h6-7,9-10,12-13H,8,11H2,1-5H3,(H,21,23,25). The van der Waals surface area contributed by atoms with Crippen molar-refractivity contribution >= 4 is 11.3 Å². The van der Waals surface area contributed by atoms with Crippen molar-refractivity contribution in [3.63, 3.8) is 0 Å². The molecule has 0 bridgehead atoms. The van der Waals surface area contributed by atoms with Crippen molar-refractivity contribution in [1.29, 1.82) is 0 Å². The largest absolute Gasteiger partial charge is 0.383 e. The van der Waals surface area contributed by atoms with Crippen molar-refractivity contribution in [2.45, 2.75) is 26.8 Å². The fourth-order valence-corrected chi connectivity index (χ4v) is 3.33. The van der Waals surface area contributed by atoms with Crippen molar-refractivity contribution < 1.29 is 4.74 Å². The second-order valence-electron chi connectivity index (χ2n) is 7.30. The Bertz CT molecular complexity index is 1140. The van der Waals surface area contributed by atoms with Crippen LogP contribution in [0.1, 0.15) is 25.5 Å². The van der Waals surface area contributed by atoms with Gasteiger partial charge in [-0.25, -0.2) is 14.5 Å². The maximum atomic E-state index is 5.19. The molecule has 0 unspecified atom stereocenters. The molecule has 0 aliphatic rings. The van der Waals surface area contributed by atoms with E-state index in [1.165, 1.54) is 0 Å². The minimum atomic E-state index is 0.308. The Balaban J connectivity index is 1.86. The number of anilines is 1. The number of fused-ring (bicyclic) bond motifs is 1. The van der Waals surface area contributed by atoms with Gasteiger partial charge in [0, 0.05) is 57.1 Å². The van der Waals surface area contributed by atoms with Crippen molar-refractivity contribution in [2.24, 2.45) is 7.05 Å². The molecule has 4 aromatic rings. The van der Waals surface area contributed by atoms with E-state index in [1.807, 2.05) is 45.5 Å². The fraction of sp³-hybridized carbons (Fsp3) is 0.400. The van der Waals surface area contributed by atoms with E-state index in [0.717, 1.165) is 28.2 Å². The van der Waals surface area contributed by atoms with Crippen LogP contribution in [0.4, 0.5) is 5.82 Å². The molecule has 1 N–H and O–H groups in total. The molecule has 152 valence electrons. The van der Waals surface area contributed by atoms with Gasteiger partial charge >= 0.3 is 0 Å². The van der Waals surface area contributed by atoms with Crippen LogP contribution in [0.2, 0.25) is 0 Å². The van der Waals surface area contributed by atoms with Crippen LogP contribution in [-0.4, -0.2) is 54.2 Å². The van der Waals surface area contributed by atoms with E-state index in [9.17, 15) is 0 Å². The first-order chi connectivity index (χ1) is 14.0. The predicted octanol–water partition coefficient (Wildman–Crippen LogP) is 2.94. The molecule has 0 aliphatic carbocycles. The lowest BCUT2D eigenvalue weighted by Crippen LogP contribution is -2.12. The SMILES string of the molecule is COCCNc1nc(-c2nccn2C)nn2cc(-c3ccn(C(C)C)n3)c(C)c12. The highest BCUT2D eigenvalue weighted by atomic mass is 16.5. The Morgan fingerprint density at radius 1 is 1.21 bits per heavy atom. The monoisotopic (exact) mass is 394 g/mol. The molecular formula is C20H26N8O. The minimum Gasteiger partial charge on any atom is -0.383 e. The Hall–Kier alpha value is -3.20. The molecule has 4 heterocycles. The number of ether oxygens (including phenoxy) is 1. The highest BCUT2D eigenvalue weighted by Gasteiger charge is 2.19. The van der Waals surface area contributed by atoms with E-state index in [-0.39, 0.29) is 0 Å². The topological polar surface area (TPSA) is 87.1 Å². The third kappa shape index (κ3) is 3.49. The van der Waals surface area contributed by atoms with Crippen LogP contribution >= 0.6 is 0 Å². The molecule has 0 aliphatic heterocycles. The van der Waals surface area contributed by atoms with Crippen LogP contribution in [0.3, 0.4) is 0 Å². The van der Waals surface area contributed by atoms with E-state index >= 15 is 0 Å². The number of imidazole rings is 1. The molecule has 0 saturated heterocycles. The molecule has 0 fully saturated rings. The first-order valence-electron chi connectivity index (χ1n) is 9.65. The quantitative estimate of drug-likeness (QED) is 0.485. The molecule has 4 rings (SSSR count). The number of nitrogens with one attached hydrogen (secondary N) is 1. The Morgan fingerprint density at radius 2 is 2.03 bits per heavy atom. The Kier molecular flexibility index (Phi) is 5.06. The van der Waals surface area contributed by atoms with Gasteiger partial charge < -0.3 is 14.6 Å². The third-order valence-electron chi connectivity index (χ3n) is 4.92. The second-order valence-corrected chi connectivity index (χ2v) is 7.30. The maximum absolute atomic E-state index is 5.19. The molecular weight excluding hydrogens is 368 g/mol. The summed E-state index contributed by atoms with van der Waals surface area (Å²) in [5.74, 6) is 2.01. The van der Waals surface area contributed by atoms with Crippen molar-refractivity contribution in [3.05, 3.63) is 36.4 Å². The molecule has 0 saturated carbocycles. The normalized spacial score (nSPS) is 11.7. The number of hydrogen-bond acceptors (Lipinski definition) is 6. The summed E-state index contributed by atoms with van der Waals surface area (Å²) < 4.78 is 10.9. The predicted molar refractivity (Wildman–Crippen MR) is 112 cm³/mol. The summed E-state index contributed by atoms with van der Waals surface area (Å²) in [4.78, 5) is 9.17. The molecule has 0 atom stereocenters. The summed E-state index contributed by atoms with van der Waals surface area (Å²) in [5.41, 5.74) is 3.95. The number of rotatable bonds is 7. The third-order valence-corrected chi connectivity index (χ3v) is 4.92.